The summed E-state index contributed by atoms with van der Waals surface area (Å²) >= 11 is 0. The first kappa shape index (κ1) is 38.5. The molecule has 65 heavy (non-hydrogen) atoms. The lowest BCUT2D eigenvalue weighted by Crippen LogP contribution is -2.27. The van der Waals surface area contributed by atoms with Crippen LogP contribution in [0.3, 0.4) is 0 Å². The maximum atomic E-state index is 7.30. The lowest BCUT2D eigenvalue weighted by atomic mass is 9.71. The molecule has 0 saturated heterocycles. The Morgan fingerprint density at radius 1 is 0.400 bits per heavy atom. The monoisotopic (exact) mass is 831 g/mol. The van der Waals surface area contributed by atoms with Gasteiger partial charge >= 0.3 is 0 Å². The lowest BCUT2D eigenvalue weighted by Gasteiger charge is -2.37. The van der Waals surface area contributed by atoms with Gasteiger partial charge < -0.3 is 9.32 Å². The van der Waals surface area contributed by atoms with Crippen molar-refractivity contribution in [3.05, 3.63) is 254 Å². The number of benzene rings is 9. The molecule has 2 aliphatic rings. The molecule has 2 nitrogen and oxygen atoms in total. The van der Waals surface area contributed by atoms with Crippen LogP contribution in [0.5, 0.6) is 0 Å². The SMILES string of the molecule is CC12C=CC=CC1C=C(N(c1ccc(-c3ccccc3)cc1)c1cc(-c3cc(-c4ccccc4)cc(-c4ccccc4)c3)c3oc4c5ccccc5c(-c5ccccc5)cc4c3c1)C=C2. The van der Waals surface area contributed by atoms with Crippen molar-refractivity contribution >= 4 is 44.1 Å². The molecule has 0 saturated carbocycles. The highest BCUT2D eigenvalue weighted by Crippen LogP contribution is 2.48. The fourth-order valence-electron chi connectivity index (χ4n) is 9.96. The molecule has 2 aliphatic carbocycles. The molecule has 0 amide bonds. The summed E-state index contributed by atoms with van der Waals surface area (Å²) < 4.78 is 7.30. The van der Waals surface area contributed by atoms with E-state index in [9.17, 15) is 0 Å². The molecule has 0 bridgehead atoms. The van der Waals surface area contributed by atoms with Crippen molar-refractivity contribution < 1.29 is 4.42 Å². The van der Waals surface area contributed by atoms with E-state index in [4.69, 9.17) is 4.42 Å². The van der Waals surface area contributed by atoms with Crippen LogP contribution in [0, 0.1) is 11.3 Å². The number of furan rings is 1. The van der Waals surface area contributed by atoms with E-state index in [0.29, 0.717) is 0 Å². The average molecular weight is 832 g/mol. The Balaban J connectivity index is 1.16. The van der Waals surface area contributed by atoms with E-state index in [1.807, 2.05) is 0 Å². The highest BCUT2D eigenvalue weighted by atomic mass is 16.3. The fourth-order valence-corrected chi connectivity index (χ4v) is 9.96. The van der Waals surface area contributed by atoms with E-state index in [0.717, 1.165) is 77.8 Å². The Labute approximate surface area is 380 Å². The van der Waals surface area contributed by atoms with E-state index >= 15 is 0 Å². The zero-order valence-electron chi connectivity index (χ0n) is 36.1. The molecule has 2 heteroatoms. The highest BCUT2D eigenvalue weighted by Gasteiger charge is 2.32. The van der Waals surface area contributed by atoms with Crippen LogP contribution in [0.25, 0.3) is 88.3 Å². The molecule has 2 atom stereocenters. The third-order valence-corrected chi connectivity index (χ3v) is 13.4. The van der Waals surface area contributed by atoms with Crippen LogP contribution in [0.15, 0.2) is 259 Å². The van der Waals surface area contributed by atoms with Crippen LogP contribution in [-0.2, 0) is 0 Å². The van der Waals surface area contributed by atoms with Crippen molar-refractivity contribution in [3.63, 3.8) is 0 Å². The van der Waals surface area contributed by atoms with Crippen molar-refractivity contribution in [2.45, 2.75) is 6.92 Å². The molecule has 0 fully saturated rings. The molecule has 308 valence electrons. The Kier molecular flexibility index (Phi) is 9.39. The molecular formula is C63H45NO. The van der Waals surface area contributed by atoms with Crippen molar-refractivity contribution in [2.75, 3.05) is 4.90 Å². The van der Waals surface area contributed by atoms with Gasteiger partial charge in [-0.1, -0.05) is 201 Å². The first-order valence-electron chi connectivity index (χ1n) is 22.5. The van der Waals surface area contributed by atoms with Crippen molar-refractivity contribution in [1.29, 1.82) is 0 Å². The molecule has 0 aliphatic heterocycles. The first-order chi connectivity index (χ1) is 32.1. The van der Waals surface area contributed by atoms with Gasteiger partial charge in [0.05, 0.1) is 0 Å². The van der Waals surface area contributed by atoms with Gasteiger partial charge in [-0.15, -0.1) is 0 Å². The number of allylic oxidation sites excluding steroid dienone is 7. The third-order valence-electron chi connectivity index (χ3n) is 13.4. The maximum absolute atomic E-state index is 7.30. The van der Waals surface area contributed by atoms with Gasteiger partial charge in [0.2, 0.25) is 0 Å². The van der Waals surface area contributed by atoms with Gasteiger partial charge in [-0.05, 0) is 110 Å². The molecule has 2 unspecified atom stereocenters. The second-order valence-electron chi connectivity index (χ2n) is 17.5. The molecule has 0 N–H and O–H groups in total. The molecule has 10 aromatic rings. The lowest BCUT2D eigenvalue weighted by molar-refractivity contribution is 0.449. The summed E-state index contributed by atoms with van der Waals surface area (Å²) in [6.07, 6.45) is 16.1. The zero-order chi connectivity index (χ0) is 43.3. The zero-order valence-corrected chi connectivity index (χ0v) is 36.1. The Morgan fingerprint density at radius 3 is 1.58 bits per heavy atom. The minimum Gasteiger partial charge on any atom is -0.455 e. The van der Waals surface area contributed by atoms with E-state index in [1.165, 1.54) is 27.6 Å². The number of anilines is 2. The van der Waals surface area contributed by atoms with Crippen molar-refractivity contribution in [1.82, 2.24) is 0 Å². The Bertz CT molecular complexity index is 3470. The molecule has 1 heterocycles. The van der Waals surface area contributed by atoms with Crippen molar-refractivity contribution in [2.24, 2.45) is 11.3 Å². The van der Waals surface area contributed by atoms with Crippen LogP contribution >= 0.6 is 0 Å². The van der Waals surface area contributed by atoms with Crippen LogP contribution in [0.2, 0.25) is 0 Å². The van der Waals surface area contributed by atoms with Gasteiger partial charge in [0.25, 0.3) is 0 Å². The minimum absolute atomic E-state index is 0.0996. The second-order valence-corrected chi connectivity index (χ2v) is 17.5. The largest absolute Gasteiger partial charge is 0.455 e. The minimum atomic E-state index is -0.0996. The van der Waals surface area contributed by atoms with E-state index in [-0.39, 0.29) is 11.3 Å². The van der Waals surface area contributed by atoms with E-state index < -0.39 is 0 Å². The topological polar surface area (TPSA) is 16.4 Å². The van der Waals surface area contributed by atoms with E-state index in [2.05, 4.69) is 261 Å². The van der Waals surface area contributed by atoms with Crippen molar-refractivity contribution in [3.8, 4) is 55.6 Å². The van der Waals surface area contributed by atoms with Gasteiger partial charge in [0.15, 0.2) is 0 Å². The summed E-state index contributed by atoms with van der Waals surface area (Å²) in [5, 5.41) is 4.42. The Hall–Kier alpha value is -8.20. The van der Waals surface area contributed by atoms with Crippen LogP contribution in [0.1, 0.15) is 6.92 Å². The third kappa shape index (κ3) is 6.92. The summed E-state index contributed by atoms with van der Waals surface area (Å²) in [5.74, 6) is 0.201. The summed E-state index contributed by atoms with van der Waals surface area (Å²) in [4.78, 5) is 2.44. The number of hydrogen-bond acceptors (Lipinski definition) is 2. The average Bonchev–Trinajstić information content (AvgIpc) is 3.76. The molecule has 9 aromatic carbocycles. The quantitative estimate of drug-likeness (QED) is 0.152. The standard InChI is InChI=1S/C63H45NO/c1-63-34-17-16-26-51(63)39-53(33-35-63)64(52-31-29-46(30-32-52)43-18-6-2-7-19-43)54-40-58(50-37-48(44-20-8-3-9-21-44)36-49(38-50)45-22-10-4-11-23-45)62-59(41-54)60-42-57(47-24-12-5-13-25-47)55-27-14-15-28-56(55)61(60)65-62/h2-42,51H,1H3. The molecule has 12 rings (SSSR count). The first-order valence-corrected chi connectivity index (χ1v) is 22.5. The predicted octanol–water partition coefficient (Wildman–Crippen LogP) is 17.4. The Morgan fingerprint density at radius 2 is 0.938 bits per heavy atom. The number of hydrogen-bond donors (Lipinski definition) is 0. The van der Waals surface area contributed by atoms with E-state index in [1.54, 1.807) is 0 Å². The predicted molar refractivity (Wildman–Crippen MR) is 274 cm³/mol. The molecular weight excluding hydrogens is 787 g/mol. The summed E-state index contributed by atoms with van der Waals surface area (Å²) in [6.45, 7) is 2.32. The smallest absolute Gasteiger partial charge is 0.143 e. The fraction of sp³-hybridized carbons (Fsp3) is 0.0476. The number of nitrogens with zero attached hydrogens (tertiary/aromatic N) is 1. The number of rotatable bonds is 8. The van der Waals surface area contributed by atoms with Gasteiger partial charge in [-0.3, -0.25) is 0 Å². The highest BCUT2D eigenvalue weighted by molar-refractivity contribution is 6.21. The van der Waals surface area contributed by atoms with Gasteiger partial charge in [-0.25, -0.2) is 0 Å². The summed E-state index contributed by atoms with van der Waals surface area (Å²) in [7, 11) is 0. The summed E-state index contributed by atoms with van der Waals surface area (Å²) in [6, 6.07) is 74.6. The van der Waals surface area contributed by atoms with Gasteiger partial charge in [0, 0.05) is 50.1 Å². The molecule has 0 radical (unpaired) electrons. The van der Waals surface area contributed by atoms with Crippen LogP contribution < -0.4 is 4.90 Å². The summed E-state index contributed by atoms with van der Waals surface area (Å²) in [5.41, 5.74) is 16.4. The normalized spacial score (nSPS) is 16.5. The van der Waals surface area contributed by atoms with Crippen LogP contribution in [-0.4, -0.2) is 0 Å². The second kappa shape index (κ2) is 15.9. The van der Waals surface area contributed by atoms with Crippen LogP contribution in [0.4, 0.5) is 11.4 Å². The van der Waals surface area contributed by atoms with Gasteiger partial charge in [-0.2, -0.15) is 0 Å². The van der Waals surface area contributed by atoms with Gasteiger partial charge in [0.1, 0.15) is 11.2 Å². The molecule has 1 aromatic heterocycles. The number of fused-ring (bicyclic) bond motifs is 6. The maximum Gasteiger partial charge on any atom is 0.143 e. The molecule has 0 spiro atoms.